The fourth-order valence-electron chi connectivity index (χ4n) is 3.18. The van der Waals surface area contributed by atoms with Gasteiger partial charge in [0.2, 0.25) is 0 Å². The van der Waals surface area contributed by atoms with Gasteiger partial charge in [0.25, 0.3) is 5.91 Å². The highest BCUT2D eigenvalue weighted by Crippen LogP contribution is 2.19. The molecule has 0 saturated heterocycles. The molecule has 0 bridgehead atoms. The standard InChI is InChI=1S/C22H20N4O/c23-12-16-13-25-26(15-16)21-11-4-3-10-20(21)22(27)24-14-18-8-5-7-17-6-1-2-9-19(17)18/h1-11,13,15H,12,14,23H2,(H,24,27). The van der Waals surface area contributed by atoms with Gasteiger partial charge in [-0.25, -0.2) is 4.68 Å². The molecule has 134 valence electrons. The maximum Gasteiger partial charge on any atom is 0.253 e. The molecule has 0 fully saturated rings. The van der Waals surface area contributed by atoms with Crippen LogP contribution in [0.2, 0.25) is 0 Å². The average Bonchev–Trinajstić information content (AvgIpc) is 3.21. The van der Waals surface area contributed by atoms with Crippen molar-refractivity contribution in [3.05, 3.63) is 95.8 Å². The van der Waals surface area contributed by atoms with Gasteiger partial charge in [-0.1, -0.05) is 54.6 Å². The molecule has 0 radical (unpaired) electrons. The molecule has 4 aromatic rings. The second-order valence-corrected chi connectivity index (χ2v) is 6.34. The van der Waals surface area contributed by atoms with Crippen LogP contribution in [0.3, 0.4) is 0 Å². The zero-order chi connectivity index (χ0) is 18.6. The van der Waals surface area contributed by atoms with Gasteiger partial charge < -0.3 is 11.1 Å². The predicted molar refractivity (Wildman–Crippen MR) is 107 cm³/mol. The Morgan fingerprint density at radius 3 is 2.63 bits per heavy atom. The van der Waals surface area contributed by atoms with Gasteiger partial charge in [-0.05, 0) is 28.5 Å². The van der Waals surface area contributed by atoms with Gasteiger partial charge in [-0.3, -0.25) is 4.79 Å². The molecule has 27 heavy (non-hydrogen) atoms. The van der Waals surface area contributed by atoms with Crippen LogP contribution in [0.15, 0.2) is 79.1 Å². The van der Waals surface area contributed by atoms with Crippen molar-refractivity contribution >= 4 is 16.7 Å². The van der Waals surface area contributed by atoms with E-state index in [9.17, 15) is 4.79 Å². The number of hydrogen-bond donors (Lipinski definition) is 2. The van der Waals surface area contributed by atoms with E-state index in [4.69, 9.17) is 5.73 Å². The van der Waals surface area contributed by atoms with Crippen molar-refractivity contribution in [2.75, 3.05) is 0 Å². The number of amides is 1. The summed E-state index contributed by atoms with van der Waals surface area (Å²) < 4.78 is 1.69. The van der Waals surface area contributed by atoms with Gasteiger partial charge in [0.1, 0.15) is 0 Å². The maximum absolute atomic E-state index is 12.8. The monoisotopic (exact) mass is 356 g/mol. The molecular formula is C22H20N4O. The Labute approximate surface area is 157 Å². The molecule has 5 heteroatoms. The molecule has 0 spiro atoms. The predicted octanol–water partition coefficient (Wildman–Crippen LogP) is 3.41. The molecule has 0 aliphatic heterocycles. The summed E-state index contributed by atoms with van der Waals surface area (Å²) in [5.74, 6) is -0.136. The third-order valence-corrected chi connectivity index (χ3v) is 4.59. The molecule has 4 rings (SSSR count). The van der Waals surface area contributed by atoms with Gasteiger partial charge in [0.15, 0.2) is 0 Å². The number of aromatic nitrogens is 2. The summed E-state index contributed by atoms with van der Waals surface area (Å²) in [5.41, 5.74) is 8.97. The molecule has 0 saturated carbocycles. The fraction of sp³-hybridized carbons (Fsp3) is 0.0909. The Morgan fingerprint density at radius 1 is 1.00 bits per heavy atom. The lowest BCUT2D eigenvalue weighted by Crippen LogP contribution is -2.24. The van der Waals surface area contributed by atoms with Crippen molar-refractivity contribution in [3.63, 3.8) is 0 Å². The Balaban J connectivity index is 1.58. The number of nitrogens with zero attached hydrogens (tertiary/aromatic N) is 2. The largest absolute Gasteiger partial charge is 0.348 e. The van der Waals surface area contributed by atoms with Crippen molar-refractivity contribution < 1.29 is 4.79 Å². The highest BCUT2D eigenvalue weighted by atomic mass is 16.1. The summed E-state index contributed by atoms with van der Waals surface area (Å²) in [6, 6.07) is 21.7. The van der Waals surface area contributed by atoms with E-state index in [0.717, 1.165) is 27.6 Å². The molecule has 3 aromatic carbocycles. The van der Waals surface area contributed by atoms with E-state index >= 15 is 0 Å². The van der Waals surface area contributed by atoms with Crippen LogP contribution in [-0.2, 0) is 13.1 Å². The molecule has 5 nitrogen and oxygen atoms in total. The number of carbonyl (C=O) groups is 1. The SMILES string of the molecule is NCc1cnn(-c2ccccc2C(=O)NCc2cccc3ccccc23)c1. The lowest BCUT2D eigenvalue weighted by atomic mass is 10.0. The molecule has 0 unspecified atom stereocenters. The van der Waals surface area contributed by atoms with Gasteiger partial charge in [0, 0.05) is 24.8 Å². The van der Waals surface area contributed by atoms with Gasteiger partial charge >= 0.3 is 0 Å². The number of rotatable bonds is 5. The van der Waals surface area contributed by atoms with Crippen LogP contribution in [0, 0.1) is 0 Å². The third-order valence-electron chi connectivity index (χ3n) is 4.59. The molecule has 1 heterocycles. The Bertz CT molecular complexity index is 1090. The fourth-order valence-corrected chi connectivity index (χ4v) is 3.18. The van der Waals surface area contributed by atoms with E-state index in [1.807, 2.05) is 48.7 Å². The van der Waals surface area contributed by atoms with Crippen molar-refractivity contribution in [2.45, 2.75) is 13.1 Å². The summed E-state index contributed by atoms with van der Waals surface area (Å²) in [4.78, 5) is 12.8. The van der Waals surface area contributed by atoms with E-state index in [2.05, 4.69) is 28.6 Å². The van der Waals surface area contributed by atoms with E-state index < -0.39 is 0 Å². The smallest absolute Gasteiger partial charge is 0.253 e. The molecule has 3 N–H and O–H groups in total. The lowest BCUT2D eigenvalue weighted by Gasteiger charge is -2.11. The van der Waals surface area contributed by atoms with Crippen LogP contribution in [0.25, 0.3) is 16.5 Å². The van der Waals surface area contributed by atoms with Crippen LogP contribution < -0.4 is 11.1 Å². The topological polar surface area (TPSA) is 72.9 Å². The minimum Gasteiger partial charge on any atom is -0.348 e. The van der Waals surface area contributed by atoms with Crippen LogP contribution in [0.5, 0.6) is 0 Å². The summed E-state index contributed by atoms with van der Waals surface area (Å²) in [7, 11) is 0. The second kappa shape index (κ2) is 7.43. The number of fused-ring (bicyclic) bond motifs is 1. The van der Waals surface area contributed by atoms with Crippen molar-refractivity contribution in [1.82, 2.24) is 15.1 Å². The van der Waals surface area contributed by atoms with Crippen molar-refractivity contribution in [2.24, 2.45) is 5.73 Å². The zero-order valence-electron chi connectivity index (χ0n) is 14.8. The highest BCUT2D eigenvalue weighted by Gasteiger charge is 2.13. The Kier molecular flexibility index (Phi) is 4.68. The van der Waals surface area contributed by atoms with E-state index in [0.29, 0.717) is 18.7 Å². The number of nitrogens with two attached hydrogens (primary N) is 1. The lowest BCUT2D eigenvalue weighted by molar-refractivity contribution is 0.0951. The first-order valence-electron chi connectivity index (χ1n) is 8.84. The summed E-state index contributed by atoms with van der Waals surface area (Å²) in [5, 5.41) is 9.66. The van der Waals surface area contributed by atoms with Crippen molar-refractivity contribution in [1.29, 1.82) is 0 Å². The minimum absolute atomic E-state index is 0.136. The molecule has 0 aliphatic carbocycles. The summed E-state index contributed by atoms with van der Waals surface area (Å²) >= 11 is 0. The van der Waals surface area contributed by atoms with E-state index in [-0.39, 0.29) is 5.91 Å². The van der Waals surface area contributed by atoms with E-state index in [1.165, 1.54) is 0 Å². The van der Waals surface area contributed by atoms with Crippen LogP contribution in [-0.4, -0.2) is 15.7 Å². The first kappa shape index (κ1) is 17.0. The van der Waals surface area contributed by atoms with E-state index in [1.54, 1.807) is 16.9 Å². The number of hydrogen-bond acceptors (Lipinski definition) is 3. The van der Waals surface area contributed by atoms with Gasteiger partial charge in [-0.2, -0.15) is 5.10 Å². The normalized spacial score (nSPS) is 10.9. The maximum atomic E-state index is 12.8. The molecular weight excluding hydrogens is 336 g/mol. The average molecular weight is 356 g/mol. The Hall–Kier alpha value is -3.44. The van der Waals surface area contributed by atoms with Crippen LogP contribution in [0.4, 0.5) is 0 Å². The number of nitrogens with one attached hydrogen (secondary N) is 1. The molecule has 0 atom stereocenters. The molecule has 1 amide bonds. The first-order chi connectivity index (χ1) is 13.3. The number of para-hydroxylation sites is 1. The van der Waals surface area contributed by atoms with Crippen LogP contribution in [0.1, 0.15) is 21.5 Å². The summed E-state index contributed by atoms with van der Waals surface area (Å²) in [6.07, 6.45) is 3.56. The first-order valence-corrected chi connectivity index (χ1v) is 8.84. The zero-order valence-corrected chi connectivity index (χ0v) is 14.8. The highest BCUT2D eigenvalue weighted by molar-refractivity contribution is 5.98. The second-order valence-electron chi connectivity index (χ2n) is 6.34. The van der Waals surface area contributed by atoms with Gasteiger partial charge in [-0.15, -0.1) is 0 Å². The Morgan fingerprint density at radius 2 is 1.78 bits per heavy atom. The van der Waals surface area contributed by atoms with Crippen molar-refractivity contribution in [3.8, 4) is 5.69 Å². The molecule has 1 aromatic heterocycles. The number of benzene rings is 3. The quantitative estimate of drug-likeness (QED) is 0.575. The van der Waals surface area contributed by atoms with Crippen LogP contribution >= 0.6 is 0 Å². The third kappa shape index (κ3) is 3.45. The minimum atomic E-state index is -0.136. The van der Waals surface area contributed by atoms with Gasteiger partial charge in [0.05, 0.1) is 17.4 Å². The molecule has 0 aliphatic rings. The number of carbonyl (C=O) groups excluding carboxylic acids is 1. The summed E-state index contributed by atoms with van der Waals surface area (Å²) in [6.45, 7) is 0.872.